The highest BCUT2D eigenvalue weighted by molar-refractivity contribution is 6.16. The fourth-order valence-electron chi connectivity index (χ4n) is 2.13. The molecule has 1 N–H and O–H groups in total. The van der Waals surface area contributed by atoms with Gasteiger partial charge >= 0.3 is 6.03 Å². The highest BCUT2D eigenvalue weighted by atomic mass is 16.5. The maximum Gasteiger partial charge on any atom is 0.328 e. The van der Waals surface area contributed by atoms with Crippen LogP contribution in [-0.4, -0.2) is 25.6 Å². The van der Waals surface area contributed by atoms with Crippen LogP contribution in [0.1, 0.15) is 13.8 Å². The van der Waals surface area contributed by atoms with E-state index in [1.807, 2.05) is 13.8 Å². The third-order valence-electron chi connectivity index (χ3n) is 3.35. The first-order valence-electron chi connectivity index (χ1n) is 6.30. The maximum atomic E-state index is 12.4. The first-order chi connectivity index (χ1) is 9.04. The van der Waals surface area contributed by atoms with Gasteiger partial charge in [-0.1, -0.05) is 13.8 Å². The van der Waals surface area contributed by atoms with Crippen molar-refractivity contribution in [2.75, 3.05) is 18.6 Å². The van der Waals surface area contributed by atoms with E-state index in [0.717, 1.165) is 0 Å². The van der Waals surface area contributed by atoms with Crippen LogP contribution in [0, 0.1) is 11.8 Å². The van der Waals surface area contributed by atoms with Gasteiger partial charge in [0.25, 0.3) is 0 Å². The lowest BCUT2D eigenvalue weighted by Crippen LogP contribution is -2.56. The summed E-state index contributed by atoms with van der Waals surface area (Å²) in [5, 5.41) is 2.76. The van der Waals surface area contributed by atoms with Crippen LogP contribution in [0.5, 0.6) is 5.75 Å². The molecule has 1 fully saturated rings. The third-order valence-corrected chi connectivity index (χ3v) is 3.35. The second-order valence-electron chi connectivity index (χ2n) is 4.91. The number of nitrogens with zero attached hydrogens (tertiary/aromatic N) is 1. The first-order valence-corrected chi connectivity index (χ1v) is 6.30. The number of methoxy groups -OCH3 is 1. The lowest BCUT2D eigenvalue weighted by Gasteiger charge is -2.33. The number of amides is 3. The zero-order valence-corrected chi connectivity index (χ0v) is 11.3. The molecule has 0 spiro atoms. The lowest BCUT2D eigenvalue weighted by molar-refractivity contribution is -0.123. The van der Waals surface area contributed by atoms with Gasteiger partial charge < -0.3 is 10.1 Å². The van der Waals surface area contributed by atoms with Crippen molar-refractivity contribution in [2.45, 2.75) is 13.8 Å². The molecule has 0 radical (unpaired) electrons. The topological polar surface area (TPSA) is 58.6 Å². The number of nitrogens with one attached hydrogen (secondary N) is 1. The summed E-state index contributed by atoms with van der Waals surface area (Å²) in [6, 6.07) is 6.51. The summed E-state index contributed by atoms with van der Waals surface area (Å²) in [7, 11) is 1.57. The summed E-state index contributed by atoms with van der Waals surface area (Å²) in [6.07, 6.45) is 0. The second kappa shape index (κ2) is 5.30. The summed E-state index contributed by atoms with van der Waals surface area (Å²) in [5.74, 6) is 0.548. The van der Waals surface area contributed by atoms with Crippen molar-refractivity contribution < 1.29 is 14.3 Å². The Kier molecular flexibility index (Phi) is 3.74. The van der Waals surface area contributed by atoms with Crippen molar-refractivity contribution >= 4 is 17.6 Å². The van der Waals surface area contributed by atoms with E-state index >= 15 is 0 Å². The van der Waals surface area contributed by atoms with Crippen molar-refractivity contribution in [3.05, 3.63) is 24.3 Å². The van der Waals surface area contributed by atoms with E-state index in [1.54, 1.807) is 31.4 Å². The maximum absolute atomic E-state index is 12.4. The van der Waals surface area contributed by atoms with Gasteiger partial charge in [-0.3, -0.25) is 4.79 Å². The smallest absolute Gasteiger partial charge is 0.328 e. The number of hydrogen-bond donors (Lipinski definition) is 1. The Balaban J connectivity index is 2.29. The van der Waals surface area contributed by atoms with Crippen molar-refractivity contribution in [2.24, 2.45) is 11.8 Å². The number of carbonyl (C=O) groups excluding carboxylic acids is 2. The first kappa shape index (κ1) is 13.4. The van der Waals surface area contributed by atoms with E-state index in [2.05, 4.69) is 5.32 Å². The van der Waals surface area contributed by atoms with Crippen molar-refractivity contribution in [1.82, 2.24) is 5.32 Å². The Morgan fingerprint density at radius 2 is 1.89 bits per heavy atom. The summed E-state index contributed by atoms with van der Waals surface area (Å²) >= 11 is 0. The molecule has 0 aliphatic carbocycles. The average Bonchev–Trinajstić information content (AvgIpc) is 2.39. The van der Waals surface area contributed by atoms with Gasteiger partial charge in [0.1, 0.15) is 5.75 Å². The van der Waals surface area contributed by atoms with Gasteiger partial charge in [0.15, 0.2) is 0 Å². The van der Waals surface area contributed by atoms with Crippen LogP contribution in [-0.2, 0) is 4.79 Å². The Morgan fingerprint density at radius 3 is 2.42 bits per heavy atom. The largest absolute Gasteiger partial charge is 0.497 e. The van der Waals surface area contributed by atoms with Gasteiger partial charge in [0.2, 0.25) is 5.91 Å². The second-order valence-corrected chi connectivity index (χ2v) is 4.91. The molecule has 1 unspecified atom stereocenters. The van der Waals surface area contributed by atoms with Crippen LogP contribution in [0.3, 0.4) is 0 Å². The fourth-order valence-corrected chi connectivity index (χ4v) is 2.13. The molecule has 19 heavy (non-hydrogen) atoms. The van der Waals surface area contributed by atoms with Crippen LogP contribution in [0.15, 0.2) is 24.3 Å². The lowest BCUT2D eigenvalue weighted by atomic mass is 9.92. The number of ether oxygens (including phenoxy) is 1. The van der Waals surface area contributed by atoms with E-state index in [0.29, 0.717) is 18.0 Å². The number of imide groups is 1. The van der Waals surface area contributed by atoms with Crippen molar-refractivity contribution in [3.8, 4) is 5.75 Å². The molecule has 0 aromatic heterocycles. The number of benzene rings is 1. The van der Waals surface area contributed by atoms with Gasteiger partial charge in [-0.15, -0.1) is 0 Å². The zero-order valence-electron chi connectivity index (χ0n) is 11.3. The van der Waals surface area contributed by atoms with E-state index in [9.17, 15) is 9.59 Å². The molecule has 1 saturated heterocycles. The van der Waals surface area contributed by atoms with E-state index in [4.69, 9.17) is 4.74 Å². The van der Waals surface area contributed by atoms with Crippen LogP contribution >= 0.6 is 0 Å². The molecule has 1 atom stereocenters. The summed E-state index contributed by atoms with van der Waals surface area (Å²) in [5.41, 5.74) is 0.564. The van der Waals surface area contributed by atoms with Crippen LogP contribution in [0.2, 0.25) is 0 Å². The Morgan fingerprint density at radius 1 is 1.26 bits per heavy atom. The number of anilines is 1. The molecule has 1 heterocycles. The molecule has 1 aliphatic rings. The van der Waals surface area contributed by atoms with Crippen LogP contribution < -0.4 is 15.0 Å². The van der Waals surface area contributed by atoms with Crippen LogP contribution in [0.4, 0.5) is 10.5 Å². The highest BCUT2D eigenvalue weighted by Crippen LogP contribution is 2.25. The van der Waals surface area contributed by atoms with Gasteiger partial charge in [-0.2, -0.15) is 0 Å². The molecule has 1 aliphatic heterocycles. The molecular weight excluding hydrogens is 244 g/mol. The number of carbonyl (C=O) groups is 2. The fraction of sp³-hybridized carbons (Fsp3) is 0.429. The Bertz CT molecular complexity index is 482. The van der Waals surface area contributed by atoms with Crippen LogP contribution in [0.25, 0.3) is 0 Å². The molecule has 0 bridgehead atoms. The number of urea groups is 1. The molecule has 5 nitrogen and oxygen atoms in total. The predicted octanol–water partition coefficient (Wildman–Crippen LogP) is 2.02. The van der Waals surface area contributed by atoms with Gasteiger partial charge in [0, 0.05) is 6.54 Å². The molecule has 1 aromatic carbocycles. The Hall–Kier alpha value is -2.04. The monoisotopic (exact) mass is 262 g/mol. The molecule has 102 valence electrons. The molecule has 3 amide bonds. The molecular formula is C14H18N2O3. The van der Waals surface area contributed by atoms with Crippen molar-refractivity contribution in [1.29, 1.82) is 0 Å². The SMILES string of the molecule is COc1ccc(N2C(=O)NCC(C(C)C)C2=O)cc1. The zero-order chi connectivity index (χ0) is 14.0. The highest BCUT2D eigenvalue weighted by Gasteiger charge is 2.36. The summed E-state index contributed by atoms with van der Waals surface area (Å²) in [4.78, 5) is 25.5. The van der Waals surface area contributed by atoms with Gasteiger partial charge in [-0.25, -0.2) is 9.69 Å². The molecule has 0 saturated carbocycles. The number of hydrogen-bond acceptors (Lipinski definition) is 3. The third kappa shape index (κ3) is 2.54. The minimum Gasteiger partial charge on any atom is -0.497 e. The molecule has 5 heteroatoms. The van der Waals surface area contributed by atoms with Crippen molar-refractivity contribution in [3.63, 3.8) is 0 Å². The Labute approximate surface area is 112 Å². The molecule has 2 rings (SSSR count). The molecule has 1 aromatic rings. The number of rotatable bonds is 3. The van der Waals surface area contributed by atoms with E-state index in [1.165, 1.54) is 4.90 Å². The van der Waals surface area contributed by atoms with Gasteiger partial charge in [0.05, 0.1) is 18.7 Å². The van der Waals surface area contributed by atoms with E-state index in [-0.39, 0.29) is 23.8 Å². The van der Waals surface area contributed by atoms with Gasteiger partial charge in [-0.05, 0) is 30.2 Å². The summed E-state index contributed by atoms with van der Waals surface area (Å²) < 4.78 is 5.07. The minimum atomic E-state index is -0.368. The standard InChI is InChI=1S/C14H18N2O3/c1-9(2)12-8-15-14(18)16(13(12)17)10-4-6-11(19-3)7-5-10/h4-7,9,12H,8H2,1-3H3,(H,15,18). The summed E-state index contributed by atoms with van der Waals surface area (Å²) in [6.45, 7) is 4.36. The average molecular weight is 262 g/mol. The normalized spacial score (nSPS) is 19.6. The quantitative estimate of drug-likeness (QED) is 0.906. The predicted molar refractivity (Wildman–Crippen MR) is 72.2 cm³/mol. The minimum absolute atomic E-state index is 0.149. The van der Waals surface area contributed by atoms with E-state index < -0.39 is 0 Å².